The molecule has 3 nitrogen and oxygen atoms in total. The Bertz CT molecular complexity index is 179. The molecular weight excluding hydrogens is 566 g/mol. The molecule has 0 saturated heterocycles. The molecule has 0 aliphatic carbocycles. The molecule has 0 rings (SSSR count). The first-order chi connectivity index (χ1) is 9.66. The first kappa shape index (κ1) is 40.3. The Balaban J connectivity index is -0.000000107. The predicted molar refractivity (Wildman–Crippen MR) is 109 cm³/mol. The van der Waals surface area contributed by atoms with Crippen molar-refractivity contribution in [2.24, 2.45) is 0 Å². The minimum absolute atomic E-state index is 0. The summed E-state index contributed by atoms with van der Waals surface area (Å²) in [6.07, 6.45) is 11.1. The van der Waals surface area contributed by atoms with E-state index in [-0.39, 0.29) is 49.6 Å². The van der Waals surface area contributed by atoms with Crippen LogP contribution < -0.4 is 3.83 Å². The molecule has 0 unspecified atom stereocenters. The number of rotatable bonds is 12. The molecule has 0 atom stereocenters. The van der Waals surface area contributed by atoms with Crippen molar-refractivity contribution in [1.29, 1.82) is 0 Å². The van der Waals surface area contributed by atoms with Crippen LogP contribution in [0.4, 0.5) is 0 Å². The van der Waals surface area contributed by atoms with E-state index in [1.54, 1.807) is 0 Å². The number of quaternary nitrogens is 1. The fourth-order valence-electron chi connectivity index (χ4n) is 2.64. The molecule has 0 aromatic heterocycles. The summed E-state index contributed by atoms with van der Waals surface area (Å²) in [4.78, 5) is 0. The number of hydrogen-bond donors (Lipinski definition) is 0. The molecule has 0 radical (unpaired) electrons. The van der Waals surface area contributed by atoms with E-state index in [9.17, 15) is 0 Å². The summed E-state index contributed by atoms with van der Waals surface area (Å²) in [5, 5.41) is 0. The van der Waals surface area contributed by atoms with Crippen LogP contribution in [0, 0.1) is 0 Å². The number of nitrogens with zero attached hydrogens (tertiary/aromatic N) is 1. The summed E-state index contributed by atoms with van der Waals surface area (Å²) in [6.45, 7) is 15.0. The van der Waals surface area contributed by atoms with Crippen molar-refractivity contribution in [3.8, 4) is 0 Å². The van der Waals surface area contributed by atoms with E-state index in [1.807, 2.05) is 0 Å². The van der Waals surface area contributed by atoms with Gasteiger partial charge in [0.05, 0.1) is 26.2 Å². The summed E-state index contributed by atoms with van der Waals surface area (Å²) in [5.74, 6) is 0. The fraction of sp³-hybridized carbons (Fsp3) is 1.00. The Morgan fingerprint density at radius 3 is 0.917 bits per heavy atom. The van der Waals surface area contributed by atoms with Crippen LogP contribution in [0.3, 0.4) is 0 Å². The van der Waals surface area contributed by atoms with Gasteiger partial charge in [0, 0.05) is 0 Å². The van der Waals surface area contributed by atoms with E-state index in [0.717, 1.165) is 0 Å². The second kappa shape index (κ2) is 32.2. The van der Waals surface area contributed by atoms with Crippen molar-refractivity contribution >= 4 is 49.6 Å². The van der Waals surface area contributed by atoms with Gasteiger partial charge in [0.2, 0.25) is 0 Å². The third kappa shape index (κ3) is 25.8. The monoisotopic (exact) mass is 605 g/mol. The topological polar surface area (TPSA) is 40.1 Å². The van der Waals surface area contributed by atoms with E-state index in [2.05, 4.69) is 27.7 Å². The zero-order chi connectivity index (χ0) is 15.7. The molecule has 0 aromatic carbocycles. The number of halogens is 4. The second-order valence-electron chi connectivity index (χ2n) is 5.71. The molecule has 0 amide bonds. The fourth-order valence-corrected chi connectivity index (χ4v) is 2.64. The van der Waals surface area contributed by atoms with E-state index >= 15 is 0 Å². The first-order valence-corrected chi connectivity index (χ1v) is 10.6. The summed E-state index contributed by atoms with van der Waals surface area (Å²) in [7, 11) is 0. The standard InChI is InChI=1S/C16H36N.4ClH.2O.Re/c1-5-9-13-17(14-10-6-2,15-11-7-3)16-12-8-4;;;;;;;/h5-16H2,1-4H3;4*1H;;;/q+1;;;;;;-1;. The summed E-state index contributed by atoms with van der Waals surface area (Å²) < 4.78 is 18.5. The molecule has 0 aliphatic heterocycles. The Morgan fingerprint density at radius 1 is 0.625 bits per heavy atom. The normalized spacial score (nSPS) is 9.21. The molecule has 0 fully saturated rings. The molecular formula is C16H40Cl4NO2Re. The van der Waals surface area contributed by atoms with Crippen LogP contribution in [-0.4, -0.2) is 30.7 Å². The van der Waals surface area contributed by atoms with Gasteiger partial charge < -0.3 is 4.48 Å². The molecule has 0 N–H and O–H groups in total. The Hall–Kier alpha value is 1.54. The van der Waals surface area contributed by atoms with Crippen LogP contribution in [0.2, 0.25) is 0 Å². The van der Waals surface area contributed by atoms with Crippen molar-refractivity contribution in [3.05, 3.63) is 0 Å². The second-order valence-corrected chi connectivity index (χ2v) is 6.17. The molecule has 0 aliphatic rings. The van der Waals surface area contributed by atoms with E-state index in [4.69, 9.17) is 7.30 Å². The van der Waals surface area contributed by atoms with Gasteiger partial charge in [-0.1, -0.05) is 53.4 Å². The Labute approximate surface area is 184 Å². The number of hydrogen-bond acceptors (Lipinski definition) is 2. The predicted octanol–water partition coefficient (Wildman–Crippen LogP) is 5.38. The van der Waals surface area contributed by atoms with Crippen LogP contribution >= 0.6 is 49.6 Å². The van der Waals surface area contributed by atoms with Gasteiger partial charge in [0.1, 0.15) is 0 Å². The molecule has 8 heteroatoms. The molecule has 24 heavy (non-hydrogen) atoms. The van der Waals surface area contributed by atoms with Gasteiger partial charge in [-0.05, 0) is 25.7 Å². The molecule has 0 aromatic rings. The Kier molecular flexibility index (Phi) is 54.1. The van der Waals surface area contributed by atoms with Crippen molar-refractivity contribution in [3.63, 3.8) is 0 Å². The number of unbranched alkanes of at least 4 members (excludes halogenated alkanes) is 4. The molecule has 0 heterocycles. The molecule has 156 valence electrons. The van der Waals surface area contributed by atoms with Gasteiger partial charge in [0.15, 0.2) is 0 Å². The van der Waals surface area contributed by atoms with Gasteiger partial charge in [-0.3, -0.25) is 0 Å². The van der Waals surface area contributed by atoms with E-state index < -0.39 is 18.3 Å². The van der Waals surface area contributed by atoms with Gasteiger partial charge in [0.25, 0.3) is 0 Å². The van der Waals surface area contributed by atoms with E-state index in [1.165, 1.54) is 82.0 Å². The molecule has 0 bridgehead atoms. The van der Waals surface area contributed by atoms with Crippen molar-refractivity contribution in [1.82, 2.24) is 0 Å². The average molecular weight is 607 g/mol. The summed E-state index contributed by atoms with van der Waals surface area (Å²) in [6, 6.07) is 0. The molecule has 0 spiro atoms. The van der Waals surface area contributed by atoms with Crippen molar-refractivity contribution < 1.29 is 30.1 Å². The quantitative estimate of drug-likeness (QED) is 0.280. The minimum atomic E-state index is -2.17. The maximum atomic E-state index is 8.53. The summed E-state index contributed by atoms with van der Waals surface area (Å²) in [5.41, 5.74) is 0. The van der Waals surface area contributed by atoms with Gasteiger partial charge in [-0.15, -0.1) is 49.6 Å². The zero-order valence-electron chi connectivity index (χ0n) is 15.8. The van der Waals surface area contributed by atoms with Crippen molar-refractivity contribution in [2.45, 2.75) is 79.1 Å². The first-order valence-electron chi connectivity index (χ1n) is 8.40. The van der Waals surface area contributed by atoms with Crippen LogP contribution in [0.5, 0.6) is 0 Å². The third-order valence-electron chi connectivity index (χ3n) is 3.94. The van der Waals surface area contributed by atoms with Gasteiger partial charge in [-0.25, -0.2) is 0 Å². The SMILES string of the molecule is CCCC[N+](CCCC)(CCCC)CCCC.Cl.Cl.Cl.Cl.[O]=[Re][O-]. The van der Waals surface area contributed by atoms with Gasteiger partial charge in [-0.2, -0.15) is 0 Å². The average Bonchev–Trinajstić information content (AvgIpc) is 2.46. The van der Waals surface area contributed by atoms with E-state index in [0.29, 0.717) is 0 Å². The summed E-state index contributed by atoms with van der Waals surface area (Å²) >= 11 is -2.17. The zero-order valence-corrected chi connectivity index (χ0v) is 21.7. The van der Waals surface area contributed by atoms with Crippen LogP contribution in [0.15, 0.2) is 0 Å². The molecule has 0 saturated carbocycles. The Morgan fingerprint density at radius 2 is 0.792 bits per heavy atom. The third-order valence-corrected chi connectivity index (χ3v) is 3.94. The van der Waals surface area contributed by atoms with Crippen LogP contribution in [-0.2, 0) is 21.8 Å². The maximum absolute atomic E-state index is 8.53. The van der Waals surface area contributed by atoms with Gasteiger partial charge >= 0.3 is 25.6 Å². The van der Waals surface area contributed by atoms with Crippen molar-refractivity contribution in [2.75, 3.05) is 26.2 Å². The van der Waals surface area contributed by atoms with Crippen LogP contribution in [0.25, 0.3) is 0 Å². The van der Waals surface area contributed by atoms with Crippen LogP contribution in [0.1, 0.15) is 79.1 Å².